The van der Waals surface area contributed by atoms with E-state index in [-0.39, 0.29) is 10.9 Å². The molecule has 0 spiro atoms. The number of aliphatic imine (C=N–C) groups is 1. The minimum atomic E-state index is -0.528. The van der Waals surface area contributed by atoms with Crippen LogP contribution in [0, 0.1) is 31.0 Å². The molecule has 3 heterocycles. The van der Waals surface area contributed by atoms with Gasteiger partial charge in [0.25, 0.3) is 5.91 Å². The number of hydrogen-bond acceptors (Lipinski definition) is 8. The number of hydrogen-bond donors (Lipinski definition) is 2. The lowest BCUT2D eigenvalue weighted by Gasteiger charge is -2.26. The predicted molar refractivity (Wildman–Crippen MR) is 119 cm³/mol. The van der Waals surface area contributed by atoms with E-state index in [9.17, 15) is 9.18 Å². The second-order valence-electron chi connectivity index (χ2n) is 7.30. The van der Waals surface area contributed by atoms with E-state index in [0.29, 0.717) is 34.2 Å². The average molecular weight is 450 g/mol. The van der Waals surface area contributed by atoms with Crippen molar-refractivity contribution >= 4 is 28.5 Å². The molecule has 0 fully saturated rings. The summed E-state index contributed by atoms with van der Waals surface area (Å²) < 4.78 is 20.0. The zero-order valence-corrected chi connectivity index (χ0v) is 18.1. The Hall–Kier alpha value is -3.71. The van der Waals surface area contributed by atoms with E-state index in [1.807, 2.05) is 19.9 Å². The number of amides is 1. The summed E-state index contributed by atoms with van der Waals surface area (Å²) in [6, 6.07) is 8.69. The zero-order valence-electron chi connectivity index (χ0n) is 17.3. The molecule has 10 heteroatoms. The average Bonchev–Trinajstić information content (AvgIpc) is 3.12. The molecule has 8 nitrogen and oxygen atoms in total. The van der Waals surface area contributed by atoms with E-state index >= 15 is 0 Å². The predicted octanol–water partition coefficient (Wildman–Crippen LogP) is 4.18. The van der Waals surface area contributed by atoms with Crippen LogP contribution >= 0.6 is 11.8 Å². The summed E-state index contributed by atoms with van der Waals surface area (Å²) in [6.07, 6.45) is 1.82. The molecule has 1 amide bonds. The van der Waals surface area contributed by atoms with Crippen LogP contribution in [-0.4, -0.2) is 21.2 Å². The largest absolute Gasteiger partial charge is 0.379 e. The molecule has 3 aromatic rings. The molecule has 32 heavy (non-hydrogen) atoms. The first-order chi connectivity index (χ1) is 15.4. The van der Waals surface area contributed by atoms with Gasteiger partial charge in [-0.2, -0.15) is 5.26 Å². The zero-order chi connectivity index (χ0) is 22.8. The lowest BCUT2D eigenvalue weighted by molar-refractivity contribution is 0.102. The Bertz CT molecular complexity index is 1230. The molecule has 4 rings (SSSR count). The monoisotopic (exact) mass is 450 g/mol. The summed E-state index contributed by atoms with van der Waals surface area (Å²) in [5.41, 5.74) is 9.00. The second kappa shape index (κ2) is 8.80. The van der Waals surface area contributed by atoms with Gasteiger partial charge < -0.3 is 15.6 Å². The van der Waals surface area contributed by atoms with Gasteiger partial charge in [0.15, 0.2) is 5.17 Å². The molecule has 1 aliphatic rings. The highest BCUT2D eigenvalue weighted by molar-refractivity contribution is 8.14. The number of halogens is 1. The number of thioether (sulfide) groups is 1. The number of nitrogens with zero attached hydrogens (tertiary/aromatic N) is 4. The smallest absolute Gasteiger partial charge is 0.274 e. The molecule has 0 radical (unpaired) electrons. The number of nitrogens with two attached hydrogens (primary N) is 1. The van der Waals surface area contributed by atoms with Crippen molar-refractivity contribution in [3.63, 3.8) is 0 Å². The molecule has 1 aromatic carbocycles. The summed E-state index contributed by atoms with van der Waals surface area (Å²) >= 11 is 1.40. The van der Waals surface area contributed by atoms with Gasteiger partial charge in [0, 0.05) is 28.3 Å². The molecule has 0 bridgehead atoms. The second-order valence-corrected chi connectivity index (χ2v) is 8.52. The van der Waals surface area contributed by atoms with Gasteiger partial charge in [-0.3, -0.25) is 9.79 Å². The van der Waals surface area contributed by atoms with Crippen LogP contribution in [0.15, 0.2) is 46.0 Å². The molecule has 1 aliphatic heterocycles. The molecular formula is C22H19FN6O2S. The third kappa shape index (κ3) is 4.33. The van der Waals surface area contributed by atoms with Crippen LogP contribution in [0.4, 0.5) is 10.1 Å². The maximum Gasteiger partial charge on any atom is 0.274 e. The molecular weight excluding hydrogens is 431 g/mol. The Labute approximate surface area is 187 Å². The number of benzene rings is 1. The number of aryl methyl sites for hydroxylation is 2. The molecule has 162 valence electrons. The number of amidine groups is 1. The van der Waals surface area contributed by atoms with Crippen LogP contribution in [0.3, 0.4) is 0 Å². The van der Waals surface area contributed by atoms with Gasteiger partial charge in [-0.05, 0) is 50.6 Å². The van der Waals surface area contributed by atoms with E-state index < -0.39 is 17.8 Å². The minimum Gasteiger partial charge on any atom is -0.379 e. The fourth-order valence-electron chi connectivity index (χ4n) is 3.62. The highest BCUT2D eigenvalue weighted by Gasteiger charge is 2.31. The molecule has 0 saturated heterocycles. The molecule has 3 N–H and O–H groups in total. The number of rotatable bonds is 4. The normalized spacial score (nSPS) is 18.0. The van der Waals surface area contributed by atoms with Crippen LogP contribution in [0.25, 0.3) is 0 Å². The highest BCUT2D eigenvalue weighted by Crippen LogP contribution is 2.45. The highest BCUT2D eigenvalue weighted by atomic mass is 32.2. The third-order valence-electron chi connectivity index (χ3n) is 5.13. The van der Waals surface area contributed by atoms with Gasteiger partial charge in [0.1, 0.15) is 23.3 Å². The number of pyridine rings is 1. The van der Waals surface area contributed by atoms with Crippen molar-refractivity contribution in [2.24, 2.45) is 10.7 Å². The molecule has 2 aromatic heterocycles. The number of carbonyl (C=O) groups is 1. The Morgan fingerprint density at radius 2 is 2.16 bits per heavy atom. The van der Waals surface area contributed by atoms with Crippen molar-refractivity contribution in [2.45, 2.75) is 31.6 Å². The lowest BCUT2D eigenvalue weighted by Crippen LogP contribution is -2.20. The summed E-state index contributed by atoms with van der Waals surface area (Å²) in [6.45, 7) is 3.69. The molecule has 0 saturated carbocycles. The van der Waals surface area contributed by atoms with Crippen molar-refractivity contribution in [1.29, 1.82) is 5.26 Å². The Morgan fingerprint density at radius 3 is 2.81 bits per heavy atom. The van der Waals surface area contributed by atoms with Gasteiger partial charge in [-0.1, -0.05) is 16.9 Å². The summed E-state index contributed by atoms with van der Waals surface area (Å²) in [7, 11) is 0. The Balaban J connectivity index is 1.58. The van der Waals surface area contributed by atoms with Crippen LogP contribution < -0.4 is 11.1 Å². The van der Waals surface area contributed by atoms with Crippen LogP contribution in [0.1, 0.15) is 56.3 Å². The van der Waals surface area contributed by atoms with E-state index in [1.165, 1.54) is 42.2 Å². The van der Waals surface area contributed by atoms with Gasteiger partial charge in [-0.15, -0.1) is 0 Å². The Kier molecular flexibility index (Phi) is 5.92. The van der Waals surface area contributed by atoms with Gasteiger partial charge in [-0.25, -0.2) is 9.37 Å². The first-order valence-corrected chi connectivity index (χ1v) is 10.6. The summed E-state index contributed by atoms with van der Waals surface area (Å²) in [5.74, 6) is -0.210. The van der Waals surface area contributed by atoms with E-state index in [1.54, 1.807) is 6.07 Å². The fourth-order valence-corrected chi connectivity index (χ4v) is 4.84. The molecule has 0 unspecified atom stereocenters. The minimum absolute atomic E-state index is 0.0794. The Morgan fingerprint density at radius 1 is 1.34 bits per heavy atom. The molecule has 0 aliphatic carbocycles. The van der Waals surface area contributed by atoms with E-state index in [2.05, 4.69) is 20.4 Å². The topological polar surface area (TPSA) is 130 Å². The van der Waals surface area contributed by atoms with Crippen molar-refractivity contribution in [1.82, 2.24) is 10.1 Å². The maximum absolute atomic E-state index is 14.7. The summed E-state index contributed by atoms with van der Waals surface area (Å²) in [5, 5.41) is 15.8. The fraction of sp³-hybridized carbons (Fsp3) is 0.227. The van der Waals surface area contributed by atoms with Gasteiger partial charge >= 0.3 is 0 Å². The standard InChI is InChI=1S/C22H19FN6O2S/c1-11-20(12(2)31-29-11)19-8-18(28-22(25)32-19)15-7-14(4-5-16(15)23)27-21(30)17-6-3-13(9-24)10-26-17/h3-7,10,18-19H,8H2,1-2H3,(H2,25,28)(H,27,30)/t18-,19-/m0/s1. The summed E-state index contributed by atoms with van der Waals surface area (Å²) in [4.78, 5) is 20.9. The van der Waals surface area contributed by atoms with Crippen molar-refractivity contribution in [3.8, 4) is 6.07 Å². The van der Waals surface area contributed by atoms with E-state index in [4.69, 9.17) is 15.5 Å². The number of nitriles is 1. The number of carbonyl (C=O) groups excluding carboxylic acids is 1. The first-order valence-electron chi connectivity index (χ1n) is 9.75. The maximum atomic E-state index is 14.7. The quantitative estimate of drug-likeness (QED) is 0.609. The van der Waals surface area contributed by atoms with Crippen LogP contribution in [-0.2, 0) is 0 Å². The van der Waals surface area contributed by atoms with Crippen molar-refractivity contribution < 1.29 is 13.7 Å². The van der Waals surface area contributed by atoms with Crippen LogP contribution in [0.2, 0.25) is 0 Å². The first kappa shape index (κ1) is 21.5. The molecule has 2 atom stereocenters. The number of anilines is 1. The van der Waals surface area contributed by atoms with Crippen LogP contribution in [0.5, 0.6) is 0 Å². The van der Waals surface area contributed by atoms with Crippen molar-refractivity contribution in [2.75, 3.05) is 5.32 Å². The van der Waals surface area contributed by atoms with E-state index in [0.717, 1.165) is 11.3 Å². The number of aromatic nitrogens is 2. The van der Waals surface area contributed by atoms with Gasteiger partial charge in [0.2, 0.25) is 0 Å². The van der Waals surface area contributed by atoms with Crippen molar-refractivity contribution in [3.05, 3.63) is 76.2 Å². The number of nitrogens with one attached hydrogen (secondary N) is 1. The third-order valence-corrected chi connectivity index (χ3v) is 6.19. The lowest BCUT2D eigenvalue weighted by atomic mass is 9.97. The van der Waals surface area contributed by atoms with Gasteiger partial charge in [0.05, 0.1) is 17.3 Å². The SMILES string of the molecule is Cc1noc(C)c1[C@@H]1C[C@@H](c2cc(NC(=O)c3ccc(C#N)cn3)ccc2F)N=C(N)S1.